The molecule has 2 aromatic rings. The molecule has 0 fully saturated rings. The number of amidine groups is 1. The first kappa shape index (κ1) is 22.9. The van der Waals surface area contributed by atoms with Crippen LogP contribution in [0.5, 0.6) is 0 Å². The molecule has 1 aromatic carbocycles. The summed E-state index contributed by atoms with van der Waals surface area (Å²) in [5, 5.41) is 14.8. The number of nitrogens with two attached hydrogens (primary N) is 1. The highest BCUT2D eigenvalue weighted by molar-refractivity contribution is 7.13. The van der Waals surface area contributed by atoms with Gasteiger partial charge in [-0.15, -0.1) is 0 Å². The lowest BCUT2D eigenvalue weighted by molar-refractivity contribution is -0.380. The van der Waals surface area contributed by atoms with E-state index >= 15 is 0 Å². The van der Waals surface area contributed by atoms with E-state index in [1.165, 1.54) is 5.38 Å². The quantitative estimate of drug-likeness (QED) is 0.136. The number of nitro groups is 1. The number of thiophene rings is 1. The van der Waals surface area contributed by atoms with Gasteiger partial charge in [-0.25, -0.2) is 4.79 Å². The van der Waals surface area contributed by atoms with Gasteiger partial charge in [-0.05, 0) is 29.8 Å². The van der Waals surface area contributed by atoms with Crippen LogP contribution < -0.4 is 5.73 Å². The van der Waals surface area contributed by atoms with E-state index in [2.05, 4.69) is 9.99 Å². The van der Waals surface area contributed by atoms with Crippen LogP contribution in [-0.2, 0) is 22.0 Å². The average molecular weight is 453 g/mol. The molecule has 0 aliphatic heterocycles. The van der Waals surface area contributed by atoms with E-state index in [-0.39, 0.29) is 16.6 Å². The minimum atomic E-state index is -5.08. The Morgan fingerprint density at radius 2 is 1.67 bits per heavy atom. The van der Waals surface area contributed by atoms with Crippen LogP contribution >= 0.6 is 11.3 Å². The van der Waals surface area contributed by atoms with E-state index in [0.717, 1.165) is 29.6 Å². The molecule has 0 radical (unpaired) electrons. The Hall–Kier alpha value is -3.42. The molecule has 30 heavy (non-hydrogen) atoms. The lowest BCUT2D eigenvalue weighted by Gasteiger charge is -2.13. The highest BCUT2D eigenvalue weighted by Gasteiger charge is 2.37. The van der Waals surface area contributed by atoms with Crippen molar-refractivity contribution >= 4 is 34.2 Å². The lowest BCUT2D eigenvalue weighted by Crippen LogP contribution is -2.19. The van der Waals surface area contributed by atoms with Crippen molar-refractivity contribution in [2.75, 3.05) is 0 Å². The first-order valence-electron chi connectivity index (χ1n) is 7.52. The van der Waals surface area contributed by atoms with Crippen molar-refractivity contribution in [1.82, 2.24) is 0 Å². The fourth-order valence-corrected chi connectivity index (χ4v) is 2.66. The fraction of sp³-hybridized carbons (Fsp3) is 0.125. The summed E-state index contributed by atoms with van der Waals surface area (Å²) in [5.74, 6) is -2.07. The number of hydrogen-bond donors (Lipinski definition) is 1. The topological polar surface area (TPSA) is 108 Å². The molecule has 2 rings (SSSR count). The summed E-state index contributed by atoms with van der Waals surface area (Å²) in [4.78, 5) is 25.8. The Balaban J connectivity index is 2.20. The molecule has 0 saturated carbocycles. The van der Waals surface area contributed by atoms with Crippen molar-refractivity contribution in [3.05, 3.63) is 68.1 Å². The van der Waals surface area contributed by atoms with Gasteiger partial charge in [-0.3, -0.25) is 10.1 Å². The van der Waals surface area contributed by atoms with Gasteiger partial charge in [0.1, 0.15) is 0 Å². The molecule has 1 aromatic heterocycles. The number of hydrogen-bond acceptors (Lipinski definition) is 6. The summed E-state index contributed by atoms with van der Waals surface area (Å²) < 4.78 is 77.1. The zero-order valence-electron chi connectivity index (χ0n) is 14.3. The fourth-order valence-electron chi connectivity index (χ4n) is 1.97. The molecule has 0 aliphatic rings. The number of halogens is 6. The van der Waals surface area contributed by atoms with Crippen molar-refractivity contribution in [2.45, 2.75) is 12.4 Å². The maximum absolute atomic E-state index is 12.8. The van der Waals surface area contributed by atoms with Crippen LogP contribution in [-0.4, -0.2) is 16.7 Å². The van der Waals surface area contributed by atoms with Crippen LogP contribution in [0.1, 0.15) is 22.3 Å². The maximum Gasteiger partial charge on any atom is 0.416 e. The van der Waals surface area contributed by atoms with E-state index in [1.54, 1.807) is 0 Å². The Labute approximate surface area is 167 Å². The van der Waals surface area contributed by atoms with E-state index in [9.17, 15) is 41.3 Å². The minimum Gasteiger partial charge on any atom is -0.380 e. The summed E-state index contributed by atoms with van der Waals surface area (Å²) in [5.41, 5.74) is 1.65. The van der Waals surface area contributed by atoms with Crippen molar-refractivity contribution < 1.29 is 40.9 Å². The smallest absolute Gasteiger partial charge is 0.380 e. The number of nitrogens with zero attached hydrogens (tertiary/aromatic N) is 2. The van der Waals surface area contributed by atoms with E-state index < -0.39 is 45.8 Å². The van der Waals surface area contributed by atoms with Crippen LogP contribution in [0.2, 0.25) is 0 Å². The molecule has 2 N–H and O–H groups in total. The Bertz CT molecular complexity index is 994. The highest BCUT2D eigenvalue weighted by atomic mass is 32.1. The molecule has 160 valence electrons. The van der Waals surface area contributed by atoms with Crippen LogP contribution in [0.3, 0.4) is 0 Å². The third-order valence-corrected chi connectivity index (χ3v) is 4.21. The zero-order valence-corrected chi connectivity index (χ0v) is 15.1. The number of oxime groups is 1. The molecule has 0 aliphatic carbocycles. The predicted molar refractivity (Wildman–Crippen MR) is 93.3 cm³/mol. The van der Waals surface area contributed by atoms with Gasteiger partial charge < -0.3 is 10.6 Å². The molecule has 0 amide bonds. The first-order valence-corrected chi connectivity index (χ1v) is 8.40. The van der Waals surface area contributed by atoms with Gasteiger partial charge >= 0.3 is 23.3 Å². The minimum absolute atomic E-state index is 0.0917. The van der Waals surface area contributed by atoms with E-state index in [1.807, 2.05) is 0 Å². The highest BCUT2D eigenvalue weighted by Crippen LogP contribution is 2.36. The van der Waals surface area contributed by atoms with Gasteiger partial charge in [0, 0.05) is 23.1 Å². The first-order chi connectivity index (χ1) is 13.8. The molecule has 14 heteroatoms. The zero-order chi connectivity index (χ0) is 22.7. The van der Waals surface area contributed by atoms with Gasteiger partial charge in [-0.2, -0.15) is 26.3 Å². The number of carbonyl (C=O) groups excluding carboxylic acids is 1. The molecule has 0 atom stereocenters. The molecular weight excluding hydrogens is 444 g/mol. The SMILES string of the molecule is N/C(=N\OC(=O)/C=C/c1csc([N+](=O)[O-])c1)c1cc(C(F)(F)F)cc(C(F)(F)F)c1. The van der Waals surface area contributed by atoms with E-state index in [4.69, 9.17) is 5.73 Å². The van der Waals surface area contributed by atoms with E-state index in [0.29, 0.717) is 12.1 Å². The second kappa shape index (κ2) is 8.52. The van der Waals surface area contributed by atoms with Crippen molar-refractivity contribution in [3.63, 3.8) is 0 Å². The lowest BCUT2D eigenvalue weighted by atomic mass is 10.0. The Morgan fingerprint density at radius 1 is 1.10 bits per heavy atom. The van der Waals surface area contributed by atoms with Gasteiger partial charge in [0.25, 0.3) is 0 Å². The summed E-state index contributed by atoms with van der Waals surface area (Å²) in [6.07, 6.45) is -8.25. The molecule has 0 saturated heterocycles. The summed E-state index contributed by atoms with van der Waals surface area (Å²) >= 11 is 0.798. The third-order valence-electron chi connectivity index (χ3n) is 3.32. The number of rotatable bonds is 5. The normalized spacial score (nSPS) is 12.9. The average Bonchev–Trinajstić information content (AvgIpc) is 3.12. The predicted octanol–water partition coefficient (Wildman–Crippen LogP) is 4.57. The second-order valence-corrected chi connectivity index (χ2v) is 6.38. The number of benzene rings is 1. The molecule has 1 heterocycles. The Morgan fingerprint density at radius 3 is 2.13 bits per heavy atom. The molecule has 0 bridgehead atoms. The standard InChI is InChI=1S/C16H9F6N3O4S/c17-15(18,19)10-4-9(5-11(6-10)16(20,21)22)14(23)24-29-13(26)2-1-8-3-12(25(27)28)30-7-8/h1-7H,(H2,23,24)/b2-1+. The summed E-state index contributed by atoms with van der Waals surface area (Å²) in [6.45, 7) is 0. The van der Waals surface area contributed by atoms with Gasteiger partial charge in [0.2, 0.25) is 0 Å². The van der Waals surface area contributed by atoms with Gasteiger partial charge in [0.15, 0.2) is 5.84 Å². The monoisotopic (exact) mass is 453 g/mol. The van der Waals surface area contributed by atoms with Crippen molar-refractivity contribution in [3.8, 4) is 0 Å². The van der Waals surface area contributed by atoms with Crippen LogP contribution in [0, 0.1) is 10.1 Å². The van der Waals surface area contributed by atoms with Crippen LogP contribution in [0.15, 0.2) is 40.9 Å². The Kier molecular flexibility index (Phi) is 6.50. The molecule has 0 unspecified atom stereocenters. The molecule has 0 spiro atoms. The van der Waals surface area contributed by atoms with Gasteiger partial charge in [0.05, 0.1) is 16.1 Å². The molecular formula is C16H9F6N3O4S. The summed E-state index contributed by atoms with van der Waals surface area (Å²) in [7, 11) is 0. The molecule has 7 nitrogen and oxygen atoms in total. The van der Waals surface area contributed by atoms with Crippen molar-refractivity contribution in [1.29, 1.82) is 0 Å². The number of alkyl halides is 6. The second-order valence-electron chi connectivity index (χ2n) is 5.49. The van der Waals surface area contributed by atoms with Crippen LogP contribution in [0.4, 0.5) is 31.3 Å². The largest absolute Gasteiger partial charge is 0.416 e. The maximum atomic E-state index is 12.8. The van der Waals surface area contributed by atoms with Gasteiger partial charge in [-0.1, -0.05) is 16.5 Å². The van der Waals surface area contributed by atoms with Crippen LogP contribution in [0.25, 0.3) is 6.08 Å². The third kappa shape index (κ3) is 6.04. The summed E-state index contributed by atoms with van der Waals surface area (Å²) in [6, 6.07) is 1.71. The number of carbonyl (C=O) groups is 1. The van der Waals surface area contributed by atoms with Crippen molar-refractivity contribution in [2.24, 2.45) is 10.9 Å².